The van der Waals surface area contributed by atoms with Gasteiger partial charge in [-0.15, -0.1) is 0 Å². The van der Waals surface area contributed by atoms with Crippen molar-refractivity contribution >= 4 is 22.6 Å². The van der Waals surface area contributed by atoms with Crippen LogP contribution in [0.15, 0.2) is 41.1 Å². The number of urea groups is 1. The molecule has 33 heavy (non-hydrogen) atoms. The second-order valence-corrected chi connectivity index (χ2v) is 8.94. The summed E-state index contributed by atoms with van der Waals surface area (Å²) in [5.41, 5.74) is 0.902. The number of rotatable bonds is 6. The molecule has 0 spiro atoms. The summed E-state index contributed by atoms with van der Waals surface area (Å²) in [5, 5.41) is 7.90. The average Bonchev–Trinajstić information content (AvgIpc) is 3.37. The molecule has 2 fully saturated rings. The quantitative estimate of drug-likeness (QED) is 0.567. The van der Waals surface area contributed by atoms with Crippen molar-refractivity contribution < 1.29 is 18.0 Å². The largest absolute Gasteiger partial charge is 0.441 e. The van der Waals surface area contributed by atoms with E-state index < -0.39 is 19.4 Å². The lowest BCUT2D eigenvalue weighted by molar-refractivity contribution is 0.133. The minimum absolute atomic E-state index is 0.0278. The predicted molar refractivity (Wildman–Crippen MR) is 122 cm³/mol. The maximum Gasteiger partial charge on any atom is 0.323 e. The van der Waals surface area contributed by atoms with Crippen LogP contribution in [0.4, 0.5) is 19.4 Å². The number of aromatic nitrogens is 2. The third kappa shape index (κ3) is 4.42. The van der Waals surface area contributed by atoms with Gasteiger partial charge >= 0.3 is 6.03 Å². The number of carbonyl (C=O) groups excluding carboxylic acids is 1. The average molecular weight is 456 g/mol. The van der Waals surface area contributed by atoms with Crippen LogP contribution in [0, 0.1) is 6.92 Å². The van der Waals surface area contributed by atoms with Gasteiger partial charge in [-0.1, -0.05) is 12.1 Å². The number of amides is 2. The van der Waals surface area contributed by atoms with Crippen molar-refractivity contribution in [2.24, 2.45) is 0 Å². The van der Waals surface area contributed by atoms with Gasteiger partial charge in [-0.3, -0.25) is 5.32 Å². The van der Waals surface area contributed by atoms with Gasteiger partial charge in [0.2, 0.25) is 0 Å². The van der Waals surface area contributed by atoms with Crippen LogP contribution in [0.25, 0.3) is 22.1 Å². The summed E-state index contributed by atoms with van der Waals surface area (Å²) in [4.78, 5) is 23.5. The maximum absolute atomic E-state index is 13.1. The fraction of sp³-hybridized carbons (Fsp3) is 0.458. The van der Waals surface area contributed by atoms with E-state index in [0.717, 1.165) is 29.2 Å². The normalized spacial score (nSPS) is 22.3. The van der Waals surface area contributed by atoms with Crippen LogP contribution in [-0.2, 0) is 0 Å². The second kappa shape index (κ2) is 9.05. The molecule has 7 nitrogen and oxygen atoms in total. The fourth-order valence-electron chi connectivity index (χ4n) is 5.14. The number of oxazole rings is 1. The summed E-state index contributed by atoms with van der Waals surface area (Å²) in [6.45, 7) is 0.352. The molecule has 174 valence electrons. The Balaban J connectivity index is 1.29. The van der Waals surface area contributed by atoms with Gasteiger partial charge in [-0.25, -0.2) is 23.5 Å². The zero-order valence-corrected chi connectivity index (χ0v) is 18.4. The van der Waals surface area contributed by atoms with Gasteiger partial charge in [0.25, 0.3) is 0 Å². The van der Waals surface area contributed by atoms with Crippen molar-refractivity contribution in [2.45, 2.75) is 56.8 Å². The summed E-state index contributed by atoms with van der Waals surface area (Å²) in [7, 11) is 0. The van der Waals surface area contributed by atoms with Gasteiger partial charge in [-0.05, 0) is 43.2 Å². The first-order chi connectivity index (χ1) is 16.0. The first-order valence-corrected chi connectivity index (χ1v) is 11.3. The molecule has 0 radical (unpaired) electrons. The van der Waals surface area contributed by atoms with E-state index >= 15 is 0 Å². The van der Waals surface area contributed by atoms with Crippen LogP contribution in [0.5, 0.6) is 0 Å². The summed E-state index contributed by atoms with van der Waals surface area (Å²) in [6.07, 6.45) is 6.63. The molecule has 0 saturated carbocycles. The van der Waals surface area contributed by atoms with E-state index in [0.29, 0.717) is 30.3 Å². The lowest BCUT2D eigenvalue weighted by atomic mass is 9.97. The Morgan fingerprint density at radius 2 is 1.88 bits per heavy atom. The van der Waals surface area contributed by atoms with Gasteiger partial charge < -0.3 is 14.6 Å². The van der Waals surface area contributed by atoms with Crippen LogP contribution in [0.2, 0.25) is 0 Å². The molecule has 0 aliphatic carbocycles. The molecule has 2 aromatic heterocycles. The Bertz CT molecular complexity index is 1130. The van der Waals surface area contributed by atoms with E-state index in [9.17, 15) is 13.6 Å². The minimum atomic E-state index is -0.762. The van der Waals surface area contributed by atoms with Crippen LogP contribution in [-0.4, -0.2) is 58.4 Å². The Morgan fingerprint density at radius 1 is 1.12 bits per heavy atom. The number of aryl methyl sites for hydroxylation is 1. The topological polar surface area (TPSA) is 83.3 Å². The van der Waals surface area contributed by atoms with Crippen molar-refractivity contribution in [1.82, 2.24) is 20.2 Å². The van der Waals surface area contributed by atoms with E-state index in [1.807, 2.05) is 29.2 Å². The highest BCUT2D eigenvalue weighted by Crippen LogP contribution is 2.36. The molecule has 2 N–H and O–H groups in total. The first-order valence-electron chi connectivity index (χ1n) is 11.3. The van der Waals surface area contributed by atoms with Crippen molar-refractivity contribution in [2.75, 3.05) is 18.7 Å². The monoisotopic (exact) mass is 455 g/mol. The first kappa shape index (κ1) is 21.8. The van der Waals surface area contributed by atoms with E-state index in [1.165, 1.54) is 0 Å². The highest BCUT2D eigenvalue weighted by molar-refractivity contribution is 5.93. The number of pyridine rings is 1. The molecule has 4 heterocycles. The molecule has 2 aliphatic heterocycles. The van der Waals surface area contributed by atoms with Gasteiger partial charge in [-0.2, -0.15) is 0 Å². The van der Waals surface area contributed by atoms with Gasteiger partial charge in [0, 0.05) is 42.2 Å². The molecular formula is C24H27F2N5O2. The third-order valence-corrected chi connectivity index (χ3v) is 6.67. The Morgan fingerprint density at radius 3 is 2.55 bits per heavy atom. The molecule has 3 aromatic rings. The van der Waals surface area contributed by atoms with Gasteiger partial charge in [0.05, 0.1) is 12.2 Å². The summed E-state index contributed by atoms with van der Waals surface area (Å²) in [5.74, 6) is 1.77. The Kier molecular flexibility index (Phi) is 5.97. The number of halogens is 2. The molecule has 2 bridgehead atoms. The number of alkyl halides is 2. The number of nitrogens with one attached hydrogen (secondary N) is 2. The molecule has 2 aliphatic rings. The van der Waals surface area contributed by atoms with Crippen molar-refractivity contribution in [3.63, 3.8) is 0 Å². The molecule has 3 atom stereocenters. The van der Waals surface area contributed by atoms with Crippen molar-refractivity contribution in [1.29, 1.82) is 0 Å². The van der Waals surface area contributed by atoms with Crippen LogP contribution in [0.3, 0.4) is 0 Å². The highest BCUT2D eigenvalue weighted by atomic mass is 19.1. The summed E-state index contributed by atoms with van der Waals surface area (Å²) < 4.78 is 31.4. The lowest BCUT2D eigenvalue weighted by Gasteiger charge is -2.39. The van der Waals surface area contributed by atoms with Crippen LogP contribution < -0.4 is 10.6 Å². The smallest absolute Gasteiger partial charge is 0.323 e. The van der Waals surface area contributed by atoms with Crippen LogP contribution in [0.1, 0.15) is 31.6 Å². The van der Waals surface area contributed by atoms with Crippen LogP contribution >= 0.6 is 0 Å². The summed E-state index contributed by atoms with van der Waals surface area (Å²) in [6, 6.07) is 6.95. The Labute approximate surface area is 190 Å². The number of hydrogen-bond donors (Lipinski definition) is 2. The van der Waals surface area contributed by atoms with E-state index in [4.69, 9.17) is 4.42 Å². The molecule has 1 aromatic carbocycles. The number of nitrogens with zero attached hydrogens (tertiary/aromatic N) is 3. The second-order valence-electron chi connectivity index (χ2n) is 8.94. The molecule has 9 heteroatoms. The standard InChI is InChI=1S/C24H27F2N5O2/c1-14-27-13-22(33-14)15-2-3-16-12-28-23(7-17(16)6-15)30-24(32)31-20-4-5-21(31)9-18(8-20)29-19(10-25)11-26/h2-3,6-7,12-13,18-21,29H,4-5,8-11H2,1H3,(H,28,30,32)/t18-,20-,21+. The third-order valence-electron chi connectivity index (χ3n) is 6.67. The zero-order chi connectivity index (χ0) is 22.9. The molecular weight excluding hydrogens is 428 g/mol. The fourth-order valence-corrected chi connectivity index (χ4v) is 5.14. The number of carbonyl (C=O) groups is 1. The number of fused-ring (bicyclic) bond motifs is 3. The van der Waals surface area contributed by atoms with E-state index in [2.05, 4.69) is 20.6 Å². The Hall–Kier alpha value is -3.07. The van der Waals surface area contributed by atoms with Crippen molar-refractivity contribution in [3.8, 4) is 11.3 Å². The molecule has 5 rings (SSSR count). The van der Waals surface area contributed by atoms with E-state index in [-0.39, 0.29) is 24.2 Å². The predicted octanol–water partition coefficient (Wildman–Crippen LogP) is 4.62. The van der Waals surface area contributed by atoms with Gasteiger partial charge in [0.1, 0.15) is 19.2 Å². The zero-order valence-electron chi connectivity index (χ0n) is 18.4. The van der Waals surface area contributed by atoms with Gasteiger partial charge in [0.15, 0.2) is 11.7 Å². The molecule has 0 unspecified atom stereocenters. The summed E-state index contributed by atoms with van der Waals surface area (Å²) >= 11 is 0. The number of benzene rings is 1. The number of piperidine rings is 1. The minimum Gasteiger partial charge on any atom is -0.441 e. The molecule has 2 saturated heterocycles. The number of anilines is 1. The highest BCUT2D eigenvalue weighted by Gasteiger charge is 2.43. The maximum atomic E-state index is 13.1. The SMILES string of the molecule is Cc1ncc(-c2ccc3cnc(NC(=O)N4[C@@H]5CC[C@H]4C[C@H](NC(CF)CF)C5)cc3c2)o1. The molecule has 2 amide bonds. The lowest BCUT2D eigenvalue weighted by Crippen LogP contribution is -2.54. The van der Waals surface area contributed by atoms with Crippen molar-refractivity contribution in [3.05, 3.63) is 42.5 Å². The van der Waals surface area contributed by atoms with E-state index in [1.54, 1.807) is 19.3 Å². The number of hydrogen-bond acceptors (Lipinski definition) is 5.